The summed E-state index contributed by atoms with van der Waals surface area (Å²) in [5, 5.41) is 0.535. The number of hydrogen-bond acceptors (Lipinski definition) is 9. The Labute approximate surface area is 250 Å². The first-order valence-corrected chi connectivity index (χ1v) is 15.7. The smallest absolute Gasteiger partial charge is 0.257 e. The molecule has 0 spiro atoms. The number of hydrogen-bond donors (Lipinski definition) is 0. The maximum Gasteiger partial charge on any atom is 0.257 e. The lowest BCUT2D eigenvalue weighted by Gasteiger charge is -2.35. The highest BCUT2D eigenvalue weighted by Gasteiger charge is 2.34. The van der Waals surface area contributed by atoms with E-state index in [1.165, 1.54) is 17.6 Å². The zero-order chi connectivity index (χ0) is 29.7. The van der Waals surface area contributed by atoms with Crippen LogP contribution in [0.2, 0.25) is 0 Å². The average molecular weight is 601 g/mol. The first kappa shape index (κ1) is 31.1. The van der Waals surface area contributed by atoms with Crippen molar-refractivity contribution in [2.75, 3.05) is 44.9 Å². The molecule has 1 fully saturated rings. The summed E-state index contributed by atoms with van der Waals surface area (Å²) in [6, 6.07) is 7.73. The number of amides is 2. The van der Waals surface area contributed by atoms with E-state index in [2.05, 4.69) is 15.5 Å². The van der Waals surface area contributed by atoms with E-state index >= 15 is 0 Å². The number of thiophene rings is 1. The van der Waals surface area contributed by atoms with Crippen molar-refractivity contribution in [2.45, 2.75) is 58.3 Å². The highest BCUT2D eigenvalue weighted by atomic mass is 32.2. The second-order valence-electron chi connectivity index (χ2n) is 11.0. The van der Waals surface area contributed by atoms with Crippen LogP contribution in [-0.2, 0) is 9.53 Å². The van der Waals surface area contributed by atoms with Gasteiger partial charge in [-0.15, -0.1) is 11.3 Å². The van der Waals surface area contributed by atoms with Gasteiger partial charge in [0.05, 0.1) is 36.4 Å². The summed E-state index contributed by atoms with van der Waals surface area (Å²) in [5.41, 5.74) is 1.61. The molecular weight excluding hydrogens is 560 g/mol. The summed E-state index contributed by atoms with van der Waals surface area (Å²) in [7, 11) is 3.41. The van der Waals surface area contributed by atoms with Crippen molar-refractivity contribution in [3.63, 3.8) is 0 Å². The van der Waals surface area contributed by atoms with Crippen LogP contribution in [0.5, 0.6) is 5.75 Å². The van der Waals surface area contributed by atoms with Crippen molar-refractivity contribution in [3.05, 3.63) is 53.4 Å². The minimum Gasteiger partial charge on any atom is -0.496 e. The summed E-state index contributed by atoms with van der Waals surface area (Å²) in [5.74, 6) is 0.928. The van der Waals surface area contributed by atoms with Gasteiger partial charge < -0.3 is 23.7 Å². The van der Waals surface area contributed by atoms with E-state index in [1.54, 1.807) is 42.1 Å². The molecule has 3 heterocycles. The molecular formula is C30H40N4O5S2. The molecule has 2 amide bonds. The minimum absolute atomic E-state index is 0.0305. The van der Waals surface area contributed by atoms with Crippen molar-refractivity contribution in [1.82, 2.24) is 14.2 Å². The number of methoxy groups -OCH3 is 1. The number of carbonyl (C=O) groups excluding carboxylic acids is 2. The Morgan fingerprint density at radius 1 is 1.29 bits per heavy atom. The third kappa shape index (κ3) is 6.97. The van der Waals surface area contributed by atoms with Gasteiger partial charge >= 0.3 is 0 Å². The number of anilines is 1. The van der Waals surface area contributed by atoms with Crippen LogP contribution >= 0.6 is 23.3 Å². The first-order chi connectivity index (χ1) is 19.6. The molecule has 0 radical (unpaired) electrons. The normalized spacial score (nSPS) is 15.5. The van der Waals surface area contributed by atoms with Crippen molar-refractivity contribution < 1.29 is 23.5 Å². The molecule has 222 valence electrons. The monoisotopic (exact) mass is 600 g/mol. The van der Waals surface area contributed by atoms with Gasteiger partial charge in [-0.1, -0.05) is 30.1 Å². The maximum atomic E-state index is 13.9. The van der Waals surface area contributed by atoms with Gasteiger partial charge in [0, 0.05) is 31.2 Å². The van der Waals surface area contributed by atoms with E-state index in [0.717, 1.165) is 43.5 Å². The molecule has 0 saturated carbocycles. The third-order valence-electron chi connectivity index (χ3n) is 7.53. The van der Waals surface area contributed by atoms with Crippen LogP contribution in [0.4, 0.5) is 5.00 Å². The summed E-state index contributed by atoms with van der Waals surface area (Å²) >= 11 is 3.07. The van der Waals surface area contributed by atoms with Gasteiger partial charge in [0.25, 0.3) is 5.91 Å². The molecule has 0 aliphatic carbocycles. The van der Waals surface area contributed by atoms with Crippen LogP contribution in [0.1, 0.15) is 61.2 Å². The standard InChI is InChI=1S/C30H40N4O5S2/c1-20-25(28(36)32(5)30(2,3)4)29(41-26(20)27-31-14-17-38-27)33(19-35)18-24(22-10-8-9-11-23(22)37-6)39-21-12-15-34(40-7)16-13-21/h8-11,14,17,19,21,24H,12-13,15-16,18H2,1-7H3. The Balaban J connectivity index is 1.75. The van der Waals surface area contributed by atoms with Crippen LogP contribution in [0.15, 0.2) is 41.1 Å². The summed E-state index contributed by atoms with van der Waals surface area (Å²) in [6.45, 7) is 9.88. The highest BCUT2D eigenvalue weighted by Crippen LogP contribution is 2.43. The van der Waals surface area contributed by atoms with Gasteiger partial charge in [0.2, 0.25) is 12.3 Å². The molecule has 0 bridgehead atoms. The summed E-state index contributed by atoms with van der Waals surface area (Å²) in [6.07, 6.45) is 7.28. The number of para-hydroxylation sites is 1. The van der Waals surface area contributed by atoms with E-state index in [9.17, 15) is 9.59 Å². The molecule has 1 aliphatic rings. The van der Waals surface area contributed by atoms with Crippen LogP contribution < -0.4 is 9.64 Å². The number of carbonyl (C=O) groups is 2. The van der Waals surface area contributed by atoms with Crippen LogP contribution in [0.25, 0.3) is 10.8 Å². The molecule has 1 aromatic carbocycles. The quantitative estimate of drug-likeness (QED) is 0.194. The lowest BCUT2D eigenvalue weighted by molar-refractivity contribution is -0.108. The lowest BCUT2D eigenvalue weighted by Crippen LogP contribution is -2.43. The number of nitrogens with zero attached hydrogens (tertiary/aromatic N) is 4. The third-order valence-corrected chi connectivity index (χ3v) is 9.73. The fourth-order valence-electron chi connectivity index (χ4n) is 4.85. The van der Waals surface area contributed by atoms with Gasteiger partial charge in [-0.05, 0) is 58.4 Å². The molecule has 41 heavy (non-hydrogen) atoms. The second kappa shape index (κ2) is 13.4. The zero-order valence-electron chi connectivity index (χ0n) is 24.9. The van der Waals surface area contributed by atoms with Gasteiger partial charge in [-0.2, -0.15) is 0 Å². The molecule has 3 aromatic rings. The number of oxazole rings is 1. The SMILES string of the molecule is COc1ccccc1C(CN(C=O)c1sc(-c2ncco2)c(C)c1C(=O)N(C)C(C)(C)C)OC1CCN(SC)CC1. The fourth-order valence-corrected chi connectivity index (χ4v) is 6.64. The molecule has 9 nitrogen and oxygen atoms in total. The molecule has 4 rings (SSSR count). The Morgan fingerprint density at radius 3 is 2.59 bits per heavy atom. The zero-order valence-corrected chi connectivity index (χ0v) is 26.5. The Hall–Kier alpha value is -2.86. The second-order valence-corrected chi connectivity index (χ2v) is 12.9. The van der Waals surface area contributed by atoms with Crippen molar-refractivity contribution in [2.24, 2.45) is 0 Å². The van der Waals surface area contributed by atoms with Crippen LogP contribution in [0.3, 0.4) is 0 Å². The molecule has 1 unspecified atom stereocenters. The van der Waals surface area contributed by atoms with Crippen LogP contribution in [0, 0.1) is 6.92 Å². The Bertz CT molecular complexity index is 1310. The van der Waals surface area contributed by atoms with Gasteiger partial charge in [0.15, 0.2) is 0 Å². The average Bonchev–Trinajstić information content (AvgIpc) is 3.62. The van der Waals surface area contributed by atoms with Gasteiger partial charge in [-0.25, -0.2) is 4.98 Å². The largest absolute Gasteiger partial charge is 0.496 e. The van der Waals surface area contributed by atoms with Crippen molar-refractivity contribution in [1.29, 1.82) is 0 Å². The minimum atomic E-state index is -0.474. The maximum absolute atomic E-state index is 13.9. The summed E-state index contributed by atoms with van der Waals surface area (Å²) < 4.78 is 20.4. The summed E-state index contributed by atoms with van der Waals surface area (Å²) in [4.78, 5) is 35.1. The molecule has 0 N–H and O–H groups in total. The number of rotatable bonds is 11. The molecule has 1 atom stereocenters. The number of piperidine rings is 1. The van der Waals surface area contributed by atoms with Crippen molar-refractivity contribution >= 4 is 40.6 Å². The fraction of sp³-hybridized carbons (Fsp3) is 0.500. The van der Waals surface area contributed by atoms with E-state index < -0.39 is 11.6 Å². The predicted molar refractivity (Wildman–Crippen MR) is 165 cm³/mol. The van der Waals surface area contributed by atoms with Gasteiger partial charge in [0.1, 0.15) is 23.1 Å². The van der Waals surface area contributed by atoms with Gasteiger partial charge in [-0.3, -0.25) is 13.9 Å². The Morgan fingerprint density at radius 2 is 2.00 bits per heavy atom. The molecule has 1 saturated heterocycles. The predicted octanol–water partition coefficient (Wildman–Crippen LogP) is 6.05. The number of benzene rings is 1. The van der Waals surface area contributed by atoms with Crippen LogP contribution in [-0.4, -0.2) is 78.2 Å². The number of ether oxygens (including phenoxy) is 2. The molecule has 2 aromatic heterocycles. The van der Waals surface area contributed by atoms with E-state index in [4.69, 9.17) is 13.9 Å². The van der Waals surface area contributed by atoms with Crippen molar-refractivity contribution in [3.8, 4) is 16.5 Å². The molecule has 11 heteroatoms. The molecule has 1 aliphatic heterocycles. The lowest BCUT2D eigenvalue weighted by atomic mass is 10.0. The van der Waals surface area contributed by atoms with E-state index in [1.807, 2.05) is 52.0 Å². The Kier molecular flexibility index (Phi) is 10.2. The van der Waals surface area contributed by atoms with E-state index in [-0.39, 0.29) is 18.6 Å². The number of aromatic nitrogens is 1. The highest BCUT2D eigenvalue weighted by molar-refractivity contribution is 7.96. The van der Waals surface area contributed by atoms with E-state index in [0.29, 0.717) is 27.1 Å². The topological polar surface area (TPSA) is 88.3 Å². The first-order valence-electron chi connectivity index (χ1n) is 13.7.